The molecule has 0 aliphatic heterocycles. The molecule has 6 nitrogen and oxygen atoms in total. The first-order chi connectivity index (χ1) is 14.3. The first kappa shape index (κ1) is 19.6. The van der Waals surface area contributed by atoms with Gasteiger partial charge in [-0.3, -0.25) is 4.98 Å². The van der Waals surface area contributed by atoms with Crippen LogP contribution in [0.1, 0.15) is 25.4 Å². The van der Waals surface area contributed by atoms with E-state index in [4.69, 9.17) is 0 Å². The maximum atomic E-state index is 14.1. The maximum absolute atomic E-state index is 14.1. The van der Waals surface area contributed by atoms with Crippen LogP contribution in [0.3, 0.4) is 0 Å². The van der Waals surface area contributed by atoms with Crippen molar-refractivity contribution in [1.82, 2.24) is 29.7 Å². The van der Waals surface area contributed by atoms with Gasteiger partial charge in [-0.05, 0) is 50.2 Å². The Kier molecular flexibility index (Phi) is 4.76. The molecule has 0 atom stereocenters. The van der Waals surface area contributed by atoms with E-state index in [2.05, 4.69) is 25.0 Å². The molecule has 0 aromatic carbocycles. The minimum absolute atomic E-state index is 0.0481. The van der Waals surface area contributed by atoms with E-state index in [0.717, 1.165) is 16.8 Å². The van der Waals surface area contributed by atoms with Crippen LogP contribution in [0.15, 0.2) is 48.8 Å². The third-order valence-electron chi connectivity index (χ3n) is 4.57. The third-order valence-corrected chi connectivity index (χ3v) is 4.57. The van der Waals surface area contributed by atoms with Crippen molar-refractivity contribution in [3.63, 3.8) is 0 Å². The molecule has 0 saturated heterocycles. The fraction of sp³-hybridized carbons (Fsp3) is 0.150. The summed E-state index contributed by atoms with van der Waals surface area (Å²) in [7, 11) is 0. The summed E-state index contributed by atoms with van der Waals surface area (Å²) in [5.41, 5.74) is -0.105. The van der Waals surface area contributed by atoms with E-state index in [1.165, 1.54) is 18.5 Å². The molecule has 0 radical (unpaired) electrons. The highest BCUT2D eigenvalue weighted by Crippen LogP contribution is 2.30. The Morgan fingerprint density at radius 2 is 1.50 bits per heavy atom. The number of rotatable bonds is 4. The Morgan fingerprint density at radius 3 is 2.20 bits per heavy atom. The predicted molar refractivity (Wildman–Crippen MR) is 98.6 cm³/mol. The molecular weight excluding hydrogens is 400 g/mol. The van der Waals surface area contributed by atoms with Crippen molar-refractivity contribution in [2.24, 2.45) is 0 Å². The van der Waals surface area contributed by atoms with Crippen LogP contribution in [0.4, 0.5) is 17.6 Å². The highest BCUT2D eigenvalue weighted by Gasteiger charge is 2.30. The van der Waals surface area contributed by atoms with E-state index in [9.17, 15) is 17.6 Å². The molecule has 0 aliphatic rings. The van der Waals surface area contributed by atoms with Crippen molar-refractivity contribution in [2.45, 2.75) is 19.3 Å². The molecular formula is C20H14F4N6. The van der Waals surface area contributed by atoms with E-state index in [0.29, 0.717) is 11.5 Å². The quantitative estimate of drug-likeness (QED) is 0.373. The van der Waals surface area contributed by atoms with Gasteiger partial charge in [0.25, 0.3) is 0 Å². The molecule has 152 valence electrons. The zero-order valence-corrected chi connectivity index (χ0v) is 15.8. The van der Waals surface area contributed by atoms with Gasteiger partial charge in [-0.15, -0.1) is 0 Å². The lowest BCUT2D eigenvalue weighted by Crippen LogP contribution is -2.23. The second kappa shape index (κ2) is 7.29. The monoisotopic (exact) mass is 414 g/mol. The maximum Gasteiger partial charge on any atom is 0.241 e. The molecule has 0 fully saturated rings. The van der Waals surface area contributed by atoms with E-state index < -0.39 is 29.2 Å². The number of nitrogens with zero attached hydrogens (tertiary/aromatic N) is 6. The van der Waals surface area contributed by atoms with Crippen LogP contribution in [0.5, 0.6) is 0 Å². The molecule has 0 amide bonds. The largest absolute Gasteiger partial charge is 0.252 e. The van der Waals surface area contributed by atoms with Gasteiger partial charge in [-0.25, -0.2) is 9.67 Å². The number of hydrogen-bond acceptors (Lipinski definition) is 5. The van der Waals surface area contributed by atoms with Crippen LogP contribution < -0.4 is 0 Å². The molecule has 4 heterocycles. The molecule has 0 bridgehead atoms. The number of halogens is 4. The topological polar surface area (TPSA) is 69.4 Å². The van der Waals surface area contributed by atoms with Crippen molar-refractivity contribution in [3.8, 4) is 16.9 Å². The molecule has 4 aromatic rings. The van der Waals surface area contributed by atoms with Crippen molar-refractivity contribution >= 4 is 0 Å². The summed E-state index contributed by atoms with van der Waals surface area (Å²) in [4.78, 5) is 15.0. The van der Waals surface area contributed by atoms with Gasteiger partial charge in [-0.1, -0.05) is 6.07 Å². The molecule has 4 rings (SSSR count). The predicted octanol–water partition coefficient (Wildman–Crippen LogP) is 4.00. The van der Waals surface area contributed by atoms with Crippen LogP contribution in [-0.4, -0.2) is 29.7 Å². The molecule has 10 heteroatoms. The fourth-order valence-corrected chi connectivity index (χ4v) is 2.89. The van der Waals surface area contributed by atoms with Crippen LogP contribution in [0.2, 0.25) is 0 Å². The highest BCUT2D eigenvalue weighted by atomic mass is 19.1. The van der Waals surface area contributed by atoms with Gasteiger partial charge in [0.15, 0.2) is 5.82 Å². The van der Waals surface area contributed by atoms with E-state index >= 15 is 0 Å². The fourth-order valence-electron chi connectivity index (χ4n) is 2.89. The molecule has 0 aliphatic carbocycles. The van der Waals surface area contributed by atoms with Crippen molar-refractivity contribution in [1.29, 1.82) is 0 Å². The van der Waals surface area contributed by atoms with Crippen molar-refractivity contribution < 1.29 is 17.6 Å². The van der Waals surface area contributed by atoms with Gasteiger partial charge in [0.05, 0.1) is 22.4 Å². The van der Waals surface area contributed by atoms with Crippen molar-refractivity contribution in [2.75, 3.05) is 0 Å². The Labute approximate surface area is 168 Å². The average Bonchev–Trinajstić information content (AvgIpc) is 3.19. The van der Waals surface area contributed by atoms with Crippen LogP contribution in [-0.2, 0) is 5.41 Å². The summed E-state index contributed by atoms with van der Waals surface area (Å²) in [5.74, 6) is -3.57. The zero-order valence-electron chi connectivity index (χ0n) is 15.8. The van der Waals surface area contributed by atoms with Gasteiger partial charge in [0.1, 0.15) is 12.0 Å². The van der Waals surface area contributed by atoms with E-state index in [-0.39, 0.29) is 16.9 Å². The third kappa shape index (κ3) is 3.51. The molecule has 0 N–H and O–H groups in total. The summed E-state index contributed by atoms with van der Waals surface area (Å²) in [6.45, 7) is 3.58. The normalized spacial score (nSPS) is 11.7. The van der Waals surface area contributed by atoms with Crippen LogP contribution in [0.25, 0.3) is 16.9 Å². The number of aromatic nitrogens is 6. The summed E-state index contributed by atoms with van der Waals surface area (Å²) in [6.07, 6.45) is 1.28. The smallest absolute Gasteiger partial charge is 0.241 e. The van der Waals surface area contributed by atoms with E-state index in [1.807, 2.05) is 0 Å². The minimum Gasteiger partial charge on any atom is -0.252 e. The SMILES string of the molecule is CC(C)(c1cccc(-c2ccc(F)nc2F)n1)c1ncn(-c2ccc(F)nc2F)n1. The van der Waals surface area contributed by atoms with Crippen LogP contribution >= 0.6 is 0 Å². The average molecular weight is 414 g/mol. The molecule has 4 aromatic heterocycles. The van der Waals surface area contributed by atoms with E-state index in [1.54, 1.807) is 32.0 Å². The summed E-state index contributed by atoms with van der Waals surface area (Å²) in [6, 6.07) is 9.47. The Bertz CT molecular complexity index is 1240. The molecule has 30 heavy (non-hydrogen) atoms. The molecule has 0 unspecified atom stereocenters. The van der Waals surface area contributed by atoms with Gasteiger partial charge in [0, 0.05) is 0 Å². The van der Waals surface area contributed by atoms with Gasteiger partial charge >= 0.3 is 0 Å². The highest BCUT2D eigenvalue weighted by molar-refractivity contribution is 5.59. The Hall–Kier alpha value is -3.69. The second-order valence-corrected chi connectivity index (χ2v) is 6.96. The number of pyridine rings is 3. The first-order valence-corrected chi connectivity index (χ1v) is 8.80. The van der Waals surface area contributed by atoms with Crippen molar-refractivity contribution in [3.05, 3.63) is 84.1 Å². The summed E-state index contributed by atoms with van der Waals surface area (Å²) >= 11 is 0. The summed E-state index contributed by atoms with van der Waals surface area (Å²) in [5, 5.41) is 4.28. The number of hydrogen-bond donors (Lipinski definition) is 0. The van der Waals surface area contributed by atoms with Gasteiger partial charge in [-0.2, -0.15) is 32.6 Å². The zero-order chi connectivity index (χ0) is 21.5. The first-order valence-electron chi connectivity index (χ1n) is 8.80. The standard InChI is InChI=1S/C20H14F4N6/c1-20(2,19-25-10-30(29-19)13-7-9-16(22)28-18(13)24)14-5-3-4-12(26-14)11-6-8-15(21)27-17(11)23/h3-10H,1-2H3. The minimum atomic E-state index is -1.02. The Balaban J connectivity index is 1.71. The molecule has 0 saturated carbocycles. The van der Waals surface area contributed by atoms with Gasteiger partial charge < -0.3 is 0 Å². The van der Waals surface area contributed by atoms with Crippen LogP contribution in [0, 0.1) is 23.8 Å². The lowest BCUT2D eigenvalue weighted by Gasteiger charge is -2.21. The lowest BCUT2D eigenvalue weighted by atomic mass is 9.87. The Morgan fingerprint density at radius 1 is 0.800 bits per heavy atom. The second-order valence-electron chi connectivity index (χ2n) is 6.96. The van der Waals surface area contributed by atoms with Gasteiger partial charge in [0.2, 0.25) is 23.8 Å². The summed E-state index contributed by atoms with van der Waals surface area (Å²) < 4.78 is 55.3. The lowest BCUT2D eigenvalue weighted by molar-refractivity contribution is 0.503. The molecule has 0 spiro atoms.